The number of alkyl halides is 3. The molecule has 0 bridgehead atoms. The van der Waals surface area contributed by atoms with Gasteiger partial charge in [-0.15, -0.1) is 0 Å². The zero-order valence-corrected chi connectivity index (χ0v) is 20.9. The Labute approximate surface area is 208 Å². The minimum atomic E-state index is -4.19. The third-order valence-electron chi connectivity index (χ3n) is 9.24. The molecule has 200 valence electrons. The van der Waals surface area contributed by atoms with E-state index >= 15 is 0 Å². The highest BCUT2D eigenvalue weighted by Gasteiger charge is 2.73. The summed E-state index contributed by atoms with van der Waals surface area (Å²) in [6, 6.07) is 1.67. The van der Waals surface area contributed by atoms with Crippen molar-refractivity contribution in [3.8, 4) is 0 Å². The van der Waals surface area contributed by atoms with Crippen molar-refractivity contribution in [1.82, 2.24) is 20.1 Å². The van der Waals surface area contributed by atoms with Gasteiger partial charge in [0.05, 0.1) is 11.2 Å². The molecule has 8 nitrogen and oxygen atoms in total. The molecule has 1 aromatic rings. The summed E-state index contributed by atoms with van der Waals surface area (Å²) in [6.07, 6.45) is 0.967. The normalized spacial score (nSPS) is 35.0. The second kappa shape index (κ2) is 8.69. The molecule has 12 heteroatoms. The standard InChI is InChI=1S/C24H33F3N4O4S/c25-24(26,27)5-6-28-17-3-7-31(8-4-17)36(33,34)23-12-15-9-18(10-16(13-23)21(15)23)29-22(32)19-11-20(35-30-19)14-1-2-14/h11,14-18,21,28H,1-10,12-13H2,(H,29,32)/t15-,16+,18-,21?,23?. The number of hydrogen-bond donors (Lipinski definition) is 2. The van der Waals surface area contributed by atoms with Crippen LogP contribution in [0.25, 0.3) is 0 Å². The molecular weight excluding hydrogens is 497 g/mol. The largest absolute Gasteiger partial charge is 0.390 e. The van der Waals surface area contributed by atoms with Crippen LogP contribution in [0.5, 0.6) is 0 Å². The van der Waals surface area contributed by atoms with Crippen molar-refractivity contribution in [3.05, 3.63) is 17.5 Å². The van der Waals surface area contributed by atoms with E-state index in [1.807, 2.05) is 0 Å². The molecule has 36 heavy (non-hydrogen) atoms. The molecule has 0 spiro atoms. The first-order chi connectivity index (χ1) is 17.1. The molecule has 1 amide bonds. The van der Waals surface area contributed by atoms with Crippen molar-refractivity contribution < 1.29 is 30.9 Å². The molecule has 2 unspecified atom stereocenters. The van der Waals surface area contributed by atoms with Crippen LogP contribution in [-0.2, 0) is 10.0 Å². The van der Waals surface area contributed by atoms with Gasteiger partial charge in [-0.3, -0.25) is 4.79 Å². The Hall–Kier alpha value is -1.66. The Morgan fingerprint density at radius 1 is 1.11 bits per heavy atom. The summed E-state index contributed by atoms with van der Waals surface area (Å²) in [4.78, 5) is 12.7. The fourth-order valence-corrected chi connectivity index (χ4v) is 10.2. The molecule has 1 saturated heterocycles. The fourth-order valence-electron chi connectivity index (χ4n) is 7.40. The second-order valence-corrected chi connectivity index (χ2v) is 13.8. The lowest BCUT2D eigenvalue weighted by Crippen LogP contribution is -2.75. The number of amides is 1. The first-order valence-electron chi connectivity index (χ1n) is 13.1. The van der Waals surface area contributed by atoms with Crippen molar-refractivity contribution in [3.63, 3.8) is 0 Å². The van der Waals surface area contributed by atoms with Crippen molar-refractivity contribution in [2.45, 2.75) is 86.7 Å². The third kappa shape index (κ3) is 4.26. The minimum Gasteiger partial charge on any atom is -0.360 e. The fraction of sp³-hybridized carbons (Fsp3) is 0.833. The topological polar surface area (TPSA) is 105 Å². The molecule has 5 aliphatic rings. The number of hydrogen-bond acceptors (Lipinski definition) is 6. The second-order valence-electron chi connectivity index (χ2n) is 11.5. The lowest BCUT2D eigenvalue weighted by Gasteiger charge is -2.70. The summed E-state index contributed by atoms with van der Waals surface area (Å²) >= 11 is 0. The molecule has 1 aliphatic heterocycles. The molecule has 6 rings (SSSR count). The number of rotatable bonds is 8. The average Bonchev–Trinajstić information content (AvgIpc) is 3.51. The van der Waals surface area contributed by atoms with E-state index in [-0.39, 0.29) is 30.5 Å². The van der Waals surface area contributed by atoms with Gasteiger partial charge in [0.15, 0.2) is 5.69 Å². The van der Waals surface area contributed by atoms with Crippen LogP contribution < -0.4 is 10.6 Å². The molecule has 2 heterocycles. The molecule has 0 radical (unpaired) electrons. The van der Waals surface area contributed by atoms with E-state index in [4.69, 9.17) is 4.52 Å². The Morgan fingerprint density at radius 2 is 1.78 bits per heavy atom. The predicted molar refractivity (Wildman–Crippen MR) is 124 cm³/mol. The number of sulfonamides is 1. The predicted octanol–water partition coefficient (Wildman–Crippen LogP) is 3.18. The van der Waals surface area contributed by atoms with Gasteiger partial charge < -0.3 is 15.2 Å². The van der Waals surface area contributed by atoms with Crippen LogP contribution in [0.3, 0.4) is 0 Å². The van der Waals surface area contributed by atoms with E-state index < -0.39 is 27.4 Å². The molecular formula is C24H33F3N4O4S. The van der Waals surface area contributed by atoms with Crippen LogP contribution in [0.15, 0.2) is 10.6 Å². The summed E-state index contributed by atoms with van der Waals surface area (Å²) in [7, 11) is -3.46. The smallest absolute Gasteiger partial charge is 0.360 e. The summed E-state index contributed by atoms with van der Waals surface area (Å²) in [5, 5.41) is 9.94. The Morgan fingerprint density at radius 3 is 2.39 bits per heavy atom. The van der Waals surface area contributed by atoms with Gasteiger partial charge in [0.2, 0.25) is 10.0 Å². The molecule has 5 atom stereocenters. The Bertz CT molecular complexity index is 1090. The number of carbonyl (C=O) groups is 1. The van der Waals surface area contributed by atoms with Gasteiger partial charge in [-0.2, -0.15) is 13.2 Å². The summed E-state index contributed by atoms with van der Waals surface area (Å²) in [5.41, 5.74) is 0.314. The Balaban J connectivity index is 1.00. The SMILES string of the molecule is O=C(N[C@@H]1C[C@@H]2CC3(S(=O)(=O)N4CCC(NCCC(F)(F)F)CC4)C[C@H](C1)C23)c1cc(C2CC2)on1. The highest BCUT2D eigenvalue weighted by Crippen LogP contribution is 2.69. The Kier molecular flexibility index (Phi) is 5.95. The average molecular weight is 531 g/mol. The molecule has 0 aromatic carbocycles. The van der Waals surface area contributed by atoms with Crippen LogP contribution in [0.2, 0.25) is 0 Å². The highest BCUT2D eigenvalue weighted by atomic mass is 32.2. The first kappa shape index (κ1) is 24.7. The van der Waals surface area contributed by atoms with Gasteiger partial charge in [0.25, 0.3) is 5.91 Å². The van der Waals surface area contributed by atoms with E-state index in [1.54, 1.807) is 10.4 Å². The van der Waals surface area contributed by atoms with Gasteiger partial charge in [-0.1, -0.05) is 5.16 Å². The van der Waals surface area contributed by atoms with Crippen LogP contribution in [0, 0.1) is 17.8 Å². The quantitative estimate of drug-likeness (QED) is 0.535. The highest BCUT2D eigenvalue weighted by molar-refractivity contribution is 7.90. The van der Waals surface area contributed by atoms with Crippen molar-refractivity contribution >= 4 is 15.9 Å². The van der Waals surface area contributed by atoms with Crippen molar-refractivity contribution in [2.24, 2.45) is 17.8 Å². The van der Waals surface area contributed by atoms with E-state index in [1.165, 1.54) is 0 Å². The van der Waals surface area contributed by atoms with Crippen molar-refractivity contribution in [1.29, 1.82) is 0 Å². The van der Waals surface area contributed by atoms with Crippen LogP contribution in [0.1, 0.15) is 80.0 Å². The van der Waals surface area contributed by atoms with Crippen molar-refractivity contribution in [2.75, 3.05) is 19.6 Å². The number of nitrogens with one attached hydrogen (secondary N) is 2. The number of piperidine rings is 1. The van der Waals surface area contributed by atoms with E-state index in [0.29, 0.717) is 62.2 Å². The number of aromatic nitrogens is 1. The van der Waals surface area contributed by atoms with Crippen LogP contribution >= 0.6 is 0 Å². The molecule has 4 aliphatic carbocycles. The summed E-state index contributed by atoms with van der Waals surface area (Å²) in [6.45, 7) is 0.580. The van der Waals surface area contributed by atoms with E-state index in [9.17, 15) is 26.4 Å². The zero-order chi connectivity index (χ0) is 25.3. The number of carbonyl (C=O) groups excluding carboxylic acids is 1. The lowest BCUT2D eigenvalue weighted by atomic mass is 9.42. The van der Waals surface area contributed by atoms with Crippen LogP contribution in [-0.4, -0.2) is 66.4 Å². The maximum Gasteiger partial charge on any atom is 0.390 e. The van der Waals surface area contributed by atoms with Gasteiger partial charge in [0, 0.05) is 43.7 Å². The summed E-state index contributed by atoms with van der Waals surface area (Å²) in [5.74, 6) is 1.67. The van der Waals surface area contributed by atoms with Gasteiger partial charge in [-0.25, -0.2) is 12.7 Å². The minimum absolute atomic E-state index is 0.0179. The molecule has 5 fully saturated rings. The van der Waals surface area contributed by atoms with Gasteiger partial charge in [0.1, 0.15) is 5.76 Å². The third-order valence-corrected chi connectivity index (χ3v) is 11.9. The molecule has 2 N–H and O–H groups in total. The van der Waals surface area contributed by atoms with Gasteiger partial charge >= 0.3 is 6.18 Å². The molecule has 1 aromatic heterocycles. The molecule has 4 saturated carbocycles. The maximum atomic E-state index is 13.6. The monoisotopic (exact) mass is 530 g/mol. The number of halogens is 3. The van der Waals surface area contributed by atoms with Crippen LogP contribution in [0.4, 0.5) is 13.2 Å². The summed E-state index contributed by atoms with van der Waals surface area (Å²) < 4.78 is 70.6. The first-order valence-corrected chi connectivity index (χ1v) is 14.6. The lowest BCUT2D eigenvalue weighted by molar-refractivity contribution is -0.133. The number of nitrogens with zero attached hydrogens (tertiary/aromatic N) is 2. The zero-order valence-electron chi connectivity index (χ0n) is 20.1. The van der Waals surface area contributed by atoms with Gasteiger partial charge in [-0.05, 0) is 69.1 Å². The maximum absolute atomic E-state index is 13.6. The van der Waals surface area contributed by atoms with E-state index in [0.717, 1.165) is 31.4 Å². The van der Waals surface area contributed by atoms with E-state index in [2.05, 4.69) is 15.8 Å².